The van der Waals surface area contributed by atoms with Gasteiger partial charge in [-0.25, -0.2) is 9.18 Å². The summed E-state index contributed by atoms with van der Waals surface area (Å²) in [5.74, 6) is -0.976. The Morgan fingerprint density at radius 3 is 2.84 bits per heavy atom. The third-order valence-corrected chi connectivity index (χ3v) is 6.65. The highest BCUT2D eigenvalue weighted by atomic mass is 32.1. The van der Waals surface area contributed by atoms with Gasteiger partial charge in [0.25, 0.3) is 0 Å². The molecule has 9 heteroatoms. The first-order chi connectivity index (χ1) is 15.1. The second kappa shape index (κ2) is 8.07. The number of amides is 1. The van der Waals surface area contributed by atoms with Crippen LogP contribution >= 0.6 is 11.3 Å². The van der Waals surface area contributed by atoms with Gasteiger partial charge in [0.15, 0.2) is 10.6 Å². The molecule has 2 aromatic heterocycles. The van der Waals surface area contributed by atoms with Crippen LogP contribution in [-0.4, -0.2) is 38.7 Å². The van der Waals surface area contributed by atoms with E-state index in [4.69, 9.17) is 4.42 Å². The summed E-state index contributed by atoms with van der Waals surface area (Å²) in [5.41, 5.74) is 1.50. The topological polar surface area (TPSA) is 81.2 Å². The zero-order chi connectivity index (χ0) is 21.4. The number of rotatable bonds is 4. The van der Waals surface area contributed by atoms with E-state index in [1.807, 2.05) is 0 Å². The third kappa shape index (κ3) is 3.76. The lowest BCUT2D eigenvalue weighted by Crippen LogP contribution is -2.41. The lowest BCUT2D eigenvalue weighted by atomic mass is 9.99. The minimum Gasteiger partial charge on any atom is -0.408 e. The molecule has 1 atom stereocenters. The van der Waals surface area contributed by atoms with Crippen LogP contribution in [0.4, 0.5) is 4.39 Å². The van der Waals surface area contributed by atoms with Gasteiger partial charge in [0.2, 0.25) is 5.91 Å². The Balaban J connectivity index is 1.32. The fourth-order valence-electron chi connectivity index (χ4n) is 3.95. The molecule has 0 spiro atoms. The van der Waals surface area contributed by atoms with Crippen LogP contribution < -0.4 is 5.76 Å². The molecule has 31 heavy (non-hydrogen) atoms. The normalized spacial score (nSPS) is 16.7. The molecule has 158 valence electrons. The van der Waals surface area contributed by atoms with Crippen molar-refractivity contribution in [3.8, 4) is 10.6 Å². The number of carbonyl (C=O) groups is 1. The lowest BCUT2D eigenvalue weighted by Gasteiger charge is -2.31. The Labute approximate surface area is 180 Å². The van der Waals surface area contributed by atoms with Crippen molar-refractivity contribution in [1.29, 1.82) is 0 Å². The molecule has 2 aromatic carbocycles. The van der Waals surface area contributed by atoms with Crippen LogP contribution in [0, 0.1) is 5.82 Å². The maximum atomic E-state index is 14.1. The van der Waals surface area contributed by atoms with Gasteiger partial charge in [-0.1, -0.05) is 35.6 Å². The van der Waals surface area contributed by atoms with Crippen LogP contribution in [0.25, 0.3) is 21.7 Å². The van der Waals surface area contributed by atoms with E-state index in [1.165, 1.54) is 22.0 Å². The Bertz CT molecular complexity index is 1310. The largest absolute Gasteiger partial charge is 0.420 e. The van der Waals surface area contributed by atoms with Crippen molar-refractivity contribution >= 4 is 28.3 Å². The first-order valence-electron chi connectivity index (χ1n) is 10.0. The molecular weight excluding hydrogens is 419 g/mol. The predicted octanol–water partition coefficient (Wildman–Crippen LogP) is 3.66. The number of hydrogen-bond acceptors (Lipinski definition) is 6. The Hall–Kier alpha value is -3.33. The van der Waals surface area contributed by atoms with Gasteiger partial charge in [-0.05, 0) is 37.1 Å². The number of halogens is 1. The van der Waals surface area contributed by atoms with E-state index >= 15 is 0 Å². The average Bonchev–Trinajstić information content (AvgIpc) is 3.39. The van der Waals surface area contributed by atoms with Gasteiger partial charge in [0.1, 0.15) is 17.4 Å². The highest BCUT2D eigenvalue weighted by Gasteiger charge is 2.28. The quantitative estimate of drug-likeness (QED) is 0.486. The van der Waals surface area contributed by atoms with E-state index in [0.717, 1.165) is 17.8 Å². The zero-order valence-corrected chi connectivity index (χ0v) is 17.3. The van der Waals surface area contributed by atoms with Gasteiger partial charge in [0.05, 0.1) is 5.52 Å². The number of likely N-dealkylation sites (tertiary alicyclic amines) is 1. The molecule has 1 aliphatic rings. The standard InChI is InChI=1S/C22H19FN4O3S/c23-16-8-2-1-7-15(16)21-25-24-20(31-21)14-6-5-11-26(12-14)19(28)13-27-17-9-3-4-10-18(17)30-22(27)29/h1-4,7-10,14H,5-6,11-13H2/t14-/m0/s1. The van der Waals surface area contributed by atoms with Gasteiger partial charge in [-0.15, -0.1) is 10.2 Å². The van der Waals surface area contributed by atoms with Gasteiger partial charge in [-0.2, -0.15) is 0 Å². The van der Waals surface area contributed by atoms with Crippen molar-refractivity contribution in [3.63, 3.8) is 0 Å². The van der Waals surface area contributed by atoms with Crippen molar-refractivity contribution in [3.05, 3.63) is 69.9 Å². The number of fused-ring (bicyclic) bond motifs is 1. The van der Waals surface area contributed by atoms with E-state index in [9.17, 15) is 14.0 Å². The van der Waals surface area contributed by atoms with Gasteiger partial charge >= 0.3 is 5.76 Å². The number of hydrogen-bond donors (Lipinski definition) is 0. The molecular formula is C22H19FN4O3S. The molecule has 1 amide bonds. The number of oxazole rings is 1. The molecule has 4 aromatic rings. The summed E-state index contributed by atoms with van der Waals surface area (Å²) in [6.07, 6.45) is 1.70. The van der Waals surface area contributed by atoms with Crippen LogP contribution in [-0.2, 0) is 11.3 Å². The molecule has 1 saturated heterocycles. The molecule has 7 nitrogen and oxygen atoms in total. The highest BCUT2D eigenvalue weighted by Crippen LogP contribution is 2.33. The minimum absolute atomic E-state index is 0.0357. The van der Waals surface area contributed by atoms with Crippen LogP contribution in [0.15, 0.2) is 57.7 Å². The van der Waals surface area contributed by atoms with E-state index in [-0.39, 0.29) is 24.2 Å². The van der Waals surface area contributed by atoms with Gasteiger partial charge in [0, 0.05) is 24.6 Å². The van der Waals surface area contributed by atoms with E-state index in [0.29, 0.717) is 34.8 Å². The lowest BCUT2D eigenvalue weighted by molar-refractivity contribution is -0.133. The molecule has 1 fully saturated rings. The predicted molar refractivity (Wildman–Crippen MR) is 114 cm³/mol. The number of aromatic nitrogens is 3. The molecule has 0 aliphatic carbocycles. The van der Waals surface area contributed by atoms with Crippen LogP contribution in [0.5, 0.6) is 0 Å². The minimum atomic E-state index is -0.540. The smallest absolute Gasteiger partial charge is 0.408 e. The van der Waals surface area contributed by atoms with Crippen LogP contribution in [0.1, 0.15) is 23.8 Å². The van der Waals surface area contributed by atoms with Crippen molar-refractivity contribution in [1.82, 2.24) is 19.7 Å². The Morgan fingerprint density at radius 2 is 1.97 bits per heavy atom. The van der Waals surface area contributed by atoms with Crippen molar-refractivity contribution in [2.24, 2.45) is 0 Å². The van der Waals surface area contributed by atoms with Crippen LogP contribution in [0.2, 0.25) is 0 Å². The summed E-state index contributed by atoms with van der Waals surface area (Å²) in [7, 11) is 0. The molecule has 0 saturated carbocycles. The Kier molecular flexibility index (Phi) is 5.11. The number of piperidine rings is 1. The van der Waals surface area contributed by atoms with Crippen LogP contribution in [0.3, 0.4) is 0 Å². The number of nitrogens with zero attached hydrogens (tertiary/aromatic N) is 4. The second-order valence-electron chi connectivity index (χ2n) is 7.53. The summed E-state index contributed by atoms with van der Waals surface area (Å²) in [6, 6.07) is 13.5. The molecule has 5 rings (SSSR count). The summed E-state index contributed by atoms with van der Waals surface area (Å²) >= 11 is 1.36. The average molecular weight is 438 g/mol. The fourth-order valence-corrected chi connectivity index (χ4v) is 4.94. The summed E-state index contributed by atoms with van der Waals surface area (Å²) < 4.78 is 20.7. The molecule has 1 aliphatic heterocycles. The number of carbonyl (C=O) groups excluding carboxylic acids is 1. The summed E-state index contributed by atoms with van der Waals surface area (Å²) in [4.78, 5) is 26.9. The van der Waals surface area contributed by atoms with E-state index in [1.54, 1.807) is 47.4 Å². The van der Waals surface area contributed by atoms with E-state index < -0.39 is 5.76 Å². The summed E-state index contributed by atoms with van der Waals surface area (Å²) in [5, 5.41) is 9.77. The van der Waals surface area contributed by atoms with Crippen molar-refractivity contribution in [2.45, 2.75) is 25.3 Å². The molecule has 0 radical (unpaired) electrons. The molecule has 3 heterocycles. The van der Waals surface area contributed by atoms with Gasteiger partial charge in [-0.3, -0.25) is 9.36 Å². The fraction of sp³-hybridized carbons (Fsp3) is 0.273. The highest BCUT2D eigenvalue weighted by molar-refractivity contribution is 7.14. The SMILES string of the molecule is O=C(Cn1c(=O)oc2ccccc21)N1CCC[C@H](c2nnc(-c3ccccc3F)s2)C1. The monoisotopic (exact) mass is 438 g/mol. The maximum absolute atomic E-state index is 14.1. The zero-order valence-electron chi connectivity index (χ0n) is 16.5. The number of benzene rings is 2. The molecule has 0 unspecified atom stereocenters. The van der Waals surface area contributed by atoms with Crippen molar-refractivity contribution < 1.29 is 13.6 Å². The van der Waals surface area contributed by atoms with Crippen molar-refractivity contribution in [2.75, 3.05) is 13.1 Å². The summed E-state index contributed by atoms with van der Waals surface area (Å²) in [6.45, 7) is 1.05. The van der Waals surface area contributed by atoms with Gasteiger partial charge < -0.3 is 9.32 Å². The second-order valence-corrected chi connectivity index (χ2v) is 8.54. The Morgan fingerprint density at radius 1 is 1.16 bits per heavy atom. The first kappa shape index (κ1) is 19.6. The van der Waals surface area contributed by atoms with E-state index in [2.05, 4.69) is 10.2 Å². The third-order valence-electron chi connectivity index (χ3n) is 5.54. The molecule has 0 N–H and O–H groups in total. The number of para-hydroxylation sites is 2. The maximum Gasteiger partial charge on any atom is 0.420 e. The molecule has 0 bridgehead atoms. The first-order valence-corrected chi connectivity index (χ1v) is 10.9.